The quantitative estimate of drug-likeness (QED) is 0.763. The smallest absolute Gasteiger partial charge is 0.150 e. The van der Waals surface area contributed by atoms with E-state index >= 15 is 0 Å². The molecule has 2 aliphatic rings. The van der Waals surface area contributed by atoms with Crippen molar-refractivity contribution in [3.8, 4) is 0 Å². The molecule has 1 aliphatic carbocycles. The van der Waals surface area contributed by atoms with Crippen LogP contribution in [-0.4, -0.2) is 45.2 Å². The van der Waals surface area contributed by atoms with Crippen molar-refractivity contribution in [1.29, 1.82) is 0 Å². The lowest BCUT2D eigenvalue weighted by Crippen LogP contribution is -2.50. The van der Waals surface area contributed by atoms with Crippen LogP contribution in [0.2, 0.25) is 0 Å². The third kappa shape index (κ3) is 2.92. The minimum Gasteiger partial charge on any atom is -0.372 e. The van der Waals surface area contributed by atoms with Crippen LogP contribution >= 0.6 is 0 Å². The van der Waals surface area contributed by atoms with Crippen LogP contribution in [-0.2, 0) is 14.6 Å². The summed E-state index contributed by atoms with van der Waals surface area (Å²) in [5.41, 5.74) is 0. The molecule has 4 nitrogen and oxygen atoms in total. The molecule has 5 heteroatoms. The lowest BCUT2D eigenvalue weighted by molar-refractivity contribution is -0.0512. The predicted molar refractivity (Wildman–Crippen MR) is 58.6 cm³/mol. The van der Waals surface area contributed by atoms with Crippen LogP contribution in [0.4, 0.5) is 0 Å². The zero-order chi connectivity index (χ0) is 10.9. The van der Waals surface area contributed by atoms with Crippen molar-refractivity contribution in [3.05, 3.63) is 0 Å². The van der Waals surface area contributed by atoms with Crippen molar-refractivity contribution in [2.75, 3.05) is 19.3 Å². The minimum absolute atomic E-state index is 0.158. The molecular weight excluding hydrogens is 214 g/mol. The Kier molecular flexibility index (Phi) is 3.33. The molecule has 2 unspecified atom stereocenters. The topological polar surface area (TPSA) is 55.4 Å². The highest BCUT2D eigenvalue weighted by molar-refractivity contribution is 7.91. The van der Waals surface area contributed by atoms with Gasteiger partial charge in [-0.25, -0.2) is 8.42 Å². The normalized spacial score (nSPS) is 33.7. The zero-order valence-electron chi connectivity index (χ0n) is 9.11. The molecule has 0 spiro atoms. The van der Waals surface area contributed by atoms with Gasteiger partial charge in [0.25, 0.3) is 0 Å². The van der Waals surface area contributed by atoms with Gasteiger partial charge in [0.15, 0.2) is 0 Å². The van der Waals surface area contributed by atoms with Crippen LogP contribution in [0.1, 0.15) is 25.7 Å². The molecule has 0 aromatic rings. The lowest BCUT2D eigenvalue weighted by atomic mass is 9.97. The Morgan fingerprint density at radius 1 is 1.20 bits per heavy atom. The summed E-state index contributed by atoms with van der Waals surface area (Å²) in [6.07, 6.45) is 5.30. The molecule has 0 radical (unpaired) electrons. The Balaban J connectivity index is 1.86. The van der Waals surface area contributed by atoms with Crippen molar-refractivity contribution >= 4 is 9.84 Å². The van der Waals surface area contributed by atoms with Gasteiger partial charge in [0.1, 0.15) is 9.84 Å². The van der Waals surface area contributed by atoms with Crippen molar-refractivity contribution in [1.82, 2.24) is 5.32 Å². The van der Waals surface area contributed by atoms with Crippen LogP contribution in [0.3, 0.4) is 0 Å². The highest BCUT2D eigenvalue weighted by Gasteiger charge is 2.31. The number of hydrogen-bond donors (Lipinski definition) is 1. The van der Waals surface area contributed by atoms with Crippen LogP contribution < -0.4 is 5.32 Å². The van der Waals surface area contributed by atoms with Crippen LogP contribution in [0.25, 0.3) is 0 Å². The first kappa shape index (κ1) is 11.4. The average Bonchev–Trinajstić information content (AvgIpc) is 2.11. The molecule has 0 amide bonds. The van der Waals surface area contributed by atoms with Crippen molar-refractivity contribution in [2.24, 2.45) is 0 Å². The van der Waals surface area contributed by atoms with E-state index in [-0.39, 0.29) is 11.4 Å². The number of ether oxygens (including phenoxy) is 1. The van der Waals surface area contributed by atoms with Gasteiger partial charge in [0.2, 0.25) is 0 Å². The average molecular weight is 233 g/mol. The fourth-order valence-corrected chi connectivity index (χ4v) is 3.40. The van der Waals surface area contributed by atoms with Crippen molar-refractivity contribution in [3.63, 3.8) is 0 Å². The summed E-state index contributed by atoms with van der Waals surface area (Å²) in [6, 6.07) is 0. The van der Waals surface area contributed by atoms with Gasteiger partial charge in [0, 0.05) is 19.3 Å². The Labute approximate surface area is 91.3 Å². The molecule has 2 atom stereocenters. The number of rotatable bonds is 3. The third-order valence-corrected chi connectivity index (χ3v) is 4.95. The monoisotopic (exact) mass is 233 g/mol. The van der Waals surface area contributed by atoms with E-state index in [0.717, 1.165) is 32.4 Å². The molecule has 1 saturated carbocycles. The van der Waals surface area contributed by atoms with Gasteiger partial charge in [0.05, 0.1) is 17.5 Å². The summed E-state index contributed by atoms with van der Waals surface area (Å²) in [4.78, 5) is 0. The van der Waals surface area contributed by atoms with Gasteiger partial charge >= 0.3 is 0 Å². The Morgan fingerprint density at radius 3 is 2.47 bits per heavy atom. The van der Waals surface area contributed by atoms with Gasteiger partial charge in [-0.2, -0.15) is 0 Å². The summed E-state index contributed by atoms with van der Waals surface area (Å²) in [6.45, 7) is 1.83. The highest BCUT2D eigenvalue weighted by Crippen LogP contribution is 2.27. The molecule has 2 fully saturated rings. The van der Waals surface area contributed by atoms with E-state index < -0.39 is 9.84 Å². The molecule has 15 heavy (non-hydrogen) atoms. The second kappa shape index (κ2) is 4.39. The van der Waals surface area contributed by atoms with Crippen molar-refractivity contribution in [2.45, 2.75) is 43.1 Å². The Hall–Kier alpha value is -0.130. The first-order valence-electron chi connectivity index (χ1n) is 5.61. The SMILES string of the molecule is CS(=O)(=O)C1CCCC(OC2CNC2)C1. The van der Waals surface area contributed by atoms with E-state index in [1.807, 2.05) is 0 Å². The molecule has 1 saturated heterocycles. The van der Waals surface area contributed by atoms with Crippen LogP contribution in [0.15, 0.2) is 0 Å². The Bertz CT molecular complexity index is 311. The van der Waals surface area contributed by atoms with E-state index in [1.54, 1.807) is 0 Å². The molecule has 1 aliphatic heterocycles. The molecular formula is C10H19NO3S. The number of nitrogens with one attached hydrogen (secondary N) is 1. The zero-order valence-corrected chi connectivity index (χ0v) is 9.92. The van der Waals surface area contributed by atoms with Gasteiger partial charge in [-0.15, -0.1) is 0 Å². The van der Waals surface area contributed by atoms with Crippen molar-refractivity contribution < 1.29 is 13.2 Å². The van der Waals surface area contributed by atoms with E-state index in [0.29, 0.717) is 12.5 Å². The second-order valence-corrected chi connectivity index (χ2v) is 6.98. The summed E-state index contributed by atoms with van der Waals surface area (Å²) < 4.78 is 28.7. The lowest BCUT2D eigenvalue weighted by Gasteiger charge is -2.35. The van der Waals surface area contributed by atoms with Crippen LogP contribution in [0.5, 0.6) is 0 Å². The fourth-order valence-electron chi connectivity index (χ4n) is 2.25. The molecule has 2 rings (SSSR count). The minimum atomic E-state index is -2.88. The van der Waals surface area contributed by atoms with E-state index in [1.165, 1.54) is 6.26 Å². The van der Waals surface area contributed by atoms with Gasteiger partial charge in [-0.1, -0.05) is 0 Å². The highest BCUT2D eigenvalue weighted by atomic mass is 32.2. The standard InChI is InChI=1S/C10H19NO3S/c1-15(12,13)10-4-2-3-8(5-10)14-9-6-11-7-9/h8-11H,2-7H2,1H3. The van der Waals surface area contributed by atoms with Gasteiger partial charge in [-0.05, 0) is 25.7 Å². The summed E-state index contributed by atoms with van der Waals surface area (Å²) in [5, 5.41) is 2.97. The maximum absolute atomic E-state index is 11.4. The number of sulfone groups is 1. The molecule has 0 aromatic carbocycles. The summed E-state index contributed by atoms with van der Waals surface area (Å²) in [5.74, 6) is 0. The maximum Gasteiger partial charge on any atom is 0.150 e. The van der Waals surface area contributed by atoms with Gasteiger partial charge in [-0.3, -0.25) is 0 Å². The molecule has 1 heterocycles. The largest absolute Gasteiger partial charge is 0.372 e. The number of hydrogen-bond acceptors (Lipinski definition) is 4. The first-order chi connectivity index (χ1) is 7.05. The third-order valence-electron chi connectivity index (χ3n) is 3.31. The van der Waals surface area contributed by atoms with Gasteiger partial charge < -0.3 is 10.1 Å². The second-order valence-electron chi connectivity index (χ2n) is 4.66. The maximum atomic E-state index is 11.4. The summed E-state index contributed by atoms with van der Waals surface area (Å²) in [7, 11) is -2.88. The molecule has 1 N–H and O–H groups in total. The molecule has 0 bridgehead atoms. The first-order valence-corrected chi connectivity index (χ1v) is 7.56. The van der Waals surface area contributed by atoms with E-state index in [9.17, 15) is 8.42 Å². The fraction of sp³-hybridized carbons (Fsp3) is 1.00. The molecule has 0 aromatic heterocycles. The van der Waals surface area contributed by atoms with E-state index in [4.69, 9.17) is 4.74 Å². The summed E-state index contributed by atoms with van der Waals surface area (Å²) >= 11 is 0. The predicted octanol–water partition coefficient (Wildman–Crippen LogP) is 0.331. The van der Waals surface area contributed by atoms with Crippen LogP contribution in [0, 0.1) is 0 Å². The Morgan fingerprint density at radius 2 is 1.93 bits per heavy atom. The van der Waals surface area contributed by atoms with E-state index in [2.05, 4.69) is 5.32 Å². The molecule has 88 valence electrons.